The number of carbonyl (C=O) groups excluding carboxylic acids is 6. The Balaban J connectivity index is 2.54. The number of cyclic esters (lactones) is 1. The van der Waals surface area contributed by atoms with Crippen molar-refractivity contribution in [2.45, 2.75) is 111 Å². The number of fused-ring (bicyclic) bond motifs is 1. The second kappa shape index (κ2) is 15.3. The van der Waals surface area contributed by atoms with Crippen LogP contribution >= 0.6 is 0 Å². The first-order valence-electron chi connectivity index (χ1n) is 15.2. The molecule has 238 valence electrons. The Morgan fingerprint density at radius 2 is 1.55 bits per heavy atom. The largest absolute Gasteiger partial charge is 0.452 e. The Labute approximate surface area is 250 Å². The summed E-state index contributed by atoms with van der Waals surface area (Å²) < 4.78 is 5.59. The Kier molecular flexibility index (Phi) is 12.8. The van der Waals surface area contributed by atoms with Crippen molar-refractivity contribution in [3.05, 3.63) is 0 Å². The molecule has 0 bridgehead atoms. The first-order chi connectivity index (χ1) is 19.6. The minimum atomic E-state index is -1.07. The number of nitrogens with one attached hydrogen (secondary N) is 2. The Morgan fingerprint density at radius 3 is 2.12 bits per heavy atom. The van der Waals surface area contributed by atoms with E-state index < -0.39 is 65.8 Å². The lowest BCUT2D eigenvalue weighted by atomic mass is 9.94. The van der Waals surface area contributed by atoms with Crippen LogP contribution in [0.5, 0.6) is 0 Å². The third kappa shape index (κ3) is 8.44. The van der Waals surface area contributed by atoms with Gasteiger partial charge >= 0.3 is 5.97 Å². The summed E-state index contributed by atoms with van der Waals surface area (Å²) in [6.07, 6.45) is 0.636. The number of rotatable bonds is 5. The second-order valence-corrected chi connectivity index (χ2v) is 12.5. The number of amides is 5. The SMILES string of the molecule is CC[C@H](C)[C@H]1NC(=O)[C@H]2CCCN2C(=O)[C@@H](CC(C)C)OC(=O)CCNC(=O)[C@@H](C)N(C)C(=O)[C@@H](C(C)C)N(C)C1=O. The zero-order chi connectivity index (χ0) is 31.9. The van der Waals surface area contributed by atoms with E-state index in [1.165, 1.54) is 21.7 Å². The highest BCUT2D eigenvalue weighted by Gasteiger charge is 2.42. The molecule has 0 aromatic carbocycles. The van der Waals surface area contributed by atoms with Gasteiger partial charge in [-0.3, -0.25) is 28.8 Å². The monoisotopic (exact) mass is 593 g/mol. The van der Waals surface area contributed by atoms with Crippen LogP contribution in [0.15, 0.2) is 0 Å². The first-order valence-corrected chi connectivity index (χ1v) is 15.2. The molecule has 0 unspecified atom stereocenters. The van der Waals surface area contributed by atoms with Gasteiger partial charge in [0, 0.05) is 27.2 Å². The number of ether oxygens (including phenoxy) is 1. The number of nitrogens with zero attached hydrogens (tertiary/aromatic N) is 3. The van der Waals surface area contributed by atoms with Crippen molar-refractivity contribution < 1.29 is 33.5 Å². The van der Waals surface area contributed by atoms with Crippen molar-refractivity contribution in [1.29, 1.82) is 0 Å². The second-order valence-electron chi connectivity index (χ2n) is 12.5. The van der Waals surface area contributed by atoms with E-state index in [-0.39, 0.29) is 37.1 Å². The summed E-state index contributed by atoms with van der Waals surface area (Å²) in [4.78, 5) is 84.6. The summed E-state index contributed by atoms with van der Waals surface area (Å²) in [6.45, 7) is 13.1. The van der Waals surface area contributed by atoms with Gasteiger partial charge in [0.25, 0.3) is 5.91 Å². The molecule has 12 heteroatoms. The van der Waals surface area contributed by atoms with E-state index >= 15 is 0 Å². The van der Waals surface area contributed by atoms with E-state index in [9.17, 15) is 28.8 Å². The van der Waals surface area contributed by atoms with Gasteiger partial charge in [0.05, 0.1) is 6.42 Å². The van der Waals surface area contributed by atoms with Crippen molar-refractivity contribution >= 4 is 35.5 Å². The fourth-order valence-corrected chi connectivity index (χ4v) is 5.53. The predicted molar refractivity (Wildman–Crippen MR) is 157 cm³/mol. The lowest BCUT2D eigenvalue weighted by Gasteiger charge is -2.38. The van der Waals surface area contributed by atoms with E-state index in [1.807, 2.05) is 41.5 Å². The lowest BCUT2D eigenvalue weighted by molar-refractivity contribution is -0.162. The summed E-state index contributed by atoms with van der Waals surface area (Å²) in [7, 11) is 3.04. The van der Waals surface area contributed by atoms with Crippen molar-refractivity contribution in [2.24, 2.45) is 17.8 Å². The van der Waals surface area contributed by atoms with Gasteiger partial charge in [0.2, 0.25) is 23.6 Å². The fraction of sp³-hybridized carbons (Fsp3) is 0.800. The third-order valence-corrected chi connectivity index (χ3v) is 8.44. The molecule has 5 amide bonds. The highest BCUT2D eigenvalue weighted by atomic mass is 16.5. The molecular weight excluding hydrogens is 542 g/mol. The van der Waals surface area contributed by atoms with Crippen molar-refractivity contribution in [3.63, 3.8) is 0 Å². The molecule has 2 N–H and O–H groups in total. The van der Waals surface area contributed by atoms with Gasteiger partial charge in [-0.05, 0) is 43.9 Å². The van der Waals surface area contributed by atoms with Gasteiger partial charge < -0.3 is 30.1 Å². The van der Waals surface area contributed by atoms with Crippen LogP contribution in [0.25, 0.3) is 0 Å². The van der Waals surface area contributed by atoms with E-state index in [0.717, 1.165) is 0 Å². The van der Waals surface area contributed by atoms with Gasteiger partial charge in [-0.2, -0.15) is 0 Å². The number of hydrogen-bond donors (Lipinski definition) is 2. The van der Waals surface area contributed by atoms with Crippen LogP contribution in [0.3, 0.4) is 0 Å². The summed E-state index contributed by atoms with van der Waals surface area (Å²) >= 11 is 0. The van der Waals surface area contributed by atoms with Gasteiger partial charge in [-0.1, -0.05) is 48.0 Å². The molecule has 0 aliphatic carbocycles. The quantitative estimate of drug-likeness (QED) is 0.457. The van der Waals surface area contributed by atoms with Crippen LogP contribution < -0.4 is 10.6 Å². The van der Waals surface area contributed by atoms with Crippen LogP contribution in [-0.2, 0) is 33.5 Å². The number of esters is 1. The summed E-state index contributed by atoms with van der Waals surface area (Å²) in [5.41, 5.74) is 0. The fourth-order valence-electron chi connectivity index (χ4n) is 5.53. The molecule has 2 saturated heterocycles. The summed E-state index contributed by atoms with van der Waals surface area (Å²) in [6, 6.07) is -3.52. The highest BCUT2D eigenvalue weighted by Crippen LogP contribution is 2.24. The Morgan fingerprint density at radius 1 is 0.905 bits per heavy atom. The minimum Gasteiger partial charge on any atom is -0.452 e. The molecule has 2 rings (SSSR count). The zero-order valence-electron chi connectivity index (χ0n) is 26.8. The molecule has 0 spiro atoms. The molecule has 0 aromatic heterocycles. The maximum Gasteiger partial charge on any atom is 0.308 e. The van der Waals surface area contributed by atoms with Crippen LogP contribution in [0.2, 0.25) is 0 Å². The molecule has 2 aliphatic rings. The topological polar surface area (TPSA) is 145 Å². The summed E-state index contributed by atoms with van der Waals surface area (Å²) in [5.74, 6) is -3.36. The molecular formula is C30H51N5O7. The molecule has 0 saturated carbocycles. The van der Waals surface area contributed by atoms with Crippen LogP contribution in [0.1, 0.15) is 80.6 Å². The van der Waals surface area contributed by atoms with E-state index in [1.54, 1.807) is 14.0 Å². The standard InChI is InChI=1S/C30H51N5O7/c1-10-19(6)24-29(40)34(9)25(18(4)5)30(41)33(8)20(7)26(37)31-14-13-23(36)42-22(16-17(2)3)28(39)35-15-11-12-21(35)27(38)32-24/h17-22,24-25H,10-16H2,1-9H3,(H,31,37)(H,32,38)/t19-,20+,21+,22+,24+,25+/m0/s1. The molecule has 0 aromatic rings. The normalized spacial score (nSPS) is 28.6. The van der Waals surface area contributed by atoms with Gasteiger partial charge in [0.15, 0.2) is 6.10 Å². The molecule has 2 fully saturated rings. The van der Waals surface area contributed by atoms with Crippen LogP contribution in [0, 0.1) is 17.8 Å². The van der Waals surface area contributed by atoms with Gasteiger partial charge in [0.1, 0.15) is 24.2 Å². The lowest BCUT2D eigenvalue weighted by Crippen LogP contribution is -2.60. The van der Waals surface area contributed by atoms with E-state index in [4.69, 9.17) is 4.74 Å². The molecule has 2 aliphatic heterocycles. The average Bonchev–Trinajstić information content (AvgIpc) is 3.42. The van der Waals surface area contributed by atoms with Gasteiger partial charge in [-0.15, -0.1) is 0 Å². The van der Waals surface area contributed by atoms with Crippen LogP contribution in [0.4, 0.5) is 0 Å². The summed E-state index contributed by atoms with van der Waals surface area (Å²) in [5, 5.41) is 5.57. The average molecular weight is 594 g/mol. The first kappa shape index (κ1) is 35.0. The Hall–Kier alpha value is -3.18. The minimum absolute atomic E-state index is 0.0358. The number of carbonyl (C=O) groups is 6. The molecule has 2 heterocycles. The smallest absolute Gasteiger partial charge is 0.308 e. The molecule has 12 nitrogen and oxygen atoms in total. The maximum atomic E-state index is 13.9. The zero-order valence-corrected chi connectivity index (χ0v) is 26.8. The number of hydrogen-bond acceptors (Lipinski definition) is 7. The Bertz CT molecular complexity index is 1020. The molecule has 0 radical (unpaired) electrons. The molecule has 42 heavy (non-hydrogen) atoms. The van der Waals surface area contributed by atoms with Crippen molar-refractivity contribution in [3.8, 4) is 0 Å². The highest BCUT2D eigenvalue weighted by molar-refractivity contribution is 5.96. The third-order valence-electron chi connectivity index (χ3n) is 8.44. The van der Waals surface area contributed by atoms with E-state index in [2.05, 4.69) is 10.6 Å². The maximum absolute atomic E-state index is 13.9. The predicted octanol–water partition coefficient (Wildman–Crippen LogP) is 1.32. The number of likely N-dealkylation sites (N-methyl/N-ethyl adjacent to an activating group) is 2. The van der Waals surface area contributed by atoms with E-state index in [0.29, 0.717) is 25.8 Å². The van der Waals surface area contributed by atoms with Crippen LogP contribution in [-0.4, -0.2) is 108 Å². The van der Waals surface area contributed by atoms with Gasteiger partial charge in [-0.25, -0.2) is 0 Å². The molecule has 6 atom stereocenters. The van der Waals surface area contributed by atoms with Crippen molar-refractivity contribution in [1.82, 2.24) is 25.3 Å². The van der Waals surface area contributed by atoms with Crippen molar-refractivity contribution in [2.75, 3.05) is 27.2 Å².